The first-order valence-electron chi connectivity index (χ1n) is 7.92. The summed E-state index contributed by atoms with van der Waals surface area (Å²) in [6.07, 6.45) is 0. The highest BCUT2D eigenvalue weighted by atomic mass is 35.5. The van der Waals surface area contributed by atoms with E-state index in [-0.39, 0.29) is 11.3 Å². The Hall–Kier alpha value is -3.45. The third-order valence-electron chi connectivity index (χ3n) is 3.59. The van der Waals surface area contributed by atoms with Crippen LogP contribution in [0.3, 0.4) is 0 Å². The Morgan fingerprint density at radius 1 is 0.963 bits per heavy atom. The molecule has 0 saturated carbocycles. The molecule has 0 spiro atoms. The average molecular weight is 383 g/mol. The number of hydrogen-bond acceptors (Lipinski definition) is 6. The fraction of sp³-hybridized carbons (Fsp3) is 0.0526. The Balaban J connectivity index is 1.71. The zero-order valence-corrected chi connectivity index (χ0v) is 15.0. The Morgan fingerprint density at radius 2 is 1.70 bits per heavy atom. The van der Waals surface area contributed by atoms with Crippen LogP contribution in [0.25, 0.3) is 0 Å². The van der Waals surface area contributed by atoms with Gasteiger partial charge in [0.25, 0.3) is 5.91 Å². The number of rotatable bonds is 5. The van der Waals surface area contributed by atoms with Crippen LogP contribution in [0.15, 0.2) is 60.7 Å². The predicted molar refractivity (Wildman–Crippen MR) is 103 cm³/mol. The number of methoxy groups -OCH3 is 1. The van der Waals surface area contributed by atoms with Crippen LogP contribution >= 0.6 is 11.6 Å². The number of hydrogen-bond donors (Lipinski definition) is 2. The van der Waals surface area contributed by atoms with Gasteiger partial charge in [-0.1, -0.05) is 23.7 Å². The number of amides is 1. The molecule has 2 N–H and O–H groups in total. The lowest BCUT2D eigenvalue weighted by Crippen LogP contribution is -2.17. The highest BCUT2D eigenvalue weighted by Gasteiger charge is 2.15. The molecule has 1 heterocycles. The first-order chi connectivity index (χ1) is 13.1. The number of esters is 1. The maximum Gasteiger partial charge on any atom is 0.339 e. The summed E-state index contributed by atoms with van der Waals surface area (Å²) in [5, 5.41) is 14.2. The minimum absolute atomic E-state index is 0.108. The fourth-order valence-corrected chi connectivity index (χ4v) is 2.39. The lowest BCUT2D eigenvalue weighted by atomic mass is 10.1. The summed E-state index contributed by atoms with van der Waals surface area (Å²) in [6.45, 7) is 0. The number of benzene rings is 2. The van der Waals surface area contributed by atoms with E-state index in [0.29, 0.717) is 16.5 Å². The number of carbonyl (C=O) groups is 2. The number of anilines is 3. The van der Waals surface area contributed by atoms with Crippen molar-refractivity contribution in [3.05, 3.63) is 76.9 Å². The van der Waals surface area contributed by atoms with Gasteiger partial charge in [0.2, 0.25) is 0 Å². The topological polar surface area (TPSA) is 93.2 Å². The monoisotopic (exact) mass is 382 g/mol. The van der Waals surface area contributed by atoms with E-state index in [1.807, 2.05) is 0 Å². The molecule has 0 bridgehead atoms. The quantitative estimate of drug-likeness (QED) is 0.650. The summed E-state index contributed by atoms with van der Waals surface area (Å²) in [5.74, 6) is -0.555. The number of nitrogens with one attached hydrogen (secondary N) is 2. The van der Waals surface area contributed by atoms with E-state index in [9.17, 15) is 9.59 Å². The molecule has 3 rings (SSSR count). The van der Waals surface area contributed by atoms with Gasteiger partial charge >= 0.3 is 5.97 Å². The largest absolute Gasteiger partial charge is 0.465 e. The molecule has 0 atom stereocenters. The van der Waals surface area contributed by atoms with E-state index in [1.54, 1.807) is 54.6 Å². The van der Waals surface area contributed by atoms with Gasteiger partial charge < -0.3 is 15.4 Å². The van der Waals surface area contributed by atoms with E-state index in [4.69, 9.17) is 16.3 Å². The Labute approximate surface area is 160 Å². The third-order valence-corrected chi connectivity index (χ3v) is 3.85. The van der Waals surface area contributed by atoms with Gasteiger partial charge in [0.1, 0.15) is 0 Å². The van der Waals surface area contributed by atoms with Gasteiger partial charge in [0, 0.05) is 10.7 Å². The van der Waals surface area contributed by atoms with Crippen LogP contribution in [0, 0.1) is 0 Å². The highest BCUT2D eigenvalue weighted by molar-refractivity contribution is 6.30. The van der Waals surface area contributed by atoms with Crippen molar-refractivity contribution in [3.63, 3.8) is 0 Å². The van der Waals surface area contributed by atoms with Gasteiger partial charge in [0.05, 0.1) is 18.4 Å². The van der Waals surface area contributed by atoms with Crippen LogP contribution in [0.5, 0.6) is 0 Å². The number of ether oxygens (including phenoxy) is 1. The predicted octanol–water partition coefficient (Wildman–Crippen LogP) is 3.91. The first kappa shape index (κ1) is 18.3. The van der Waals surface area contributed by atoms with Crippen molar-refractivity contribution in [1.29, 1.82) is 0 Å². The molecule has 0 aliphatic heterocycles. The molecule has 0 aliphatic rings. The van der Waals surface area contributed by atoms with Crippen LogP contribution in [0.2, 0.25) is 5.02 Å². The van der Waals surface area contributed by atoms with Crippen molar-refractivity contribution in [2.24, 2.45) is 0 Å². The van der Waals surface area contributed by atoms with E-state index in [2.05, 4.69) is 20.8 Å². The molecule has 1 aromatic heterocycles. The minimum atomic E-state index is -0.542. The molecule has 3 aromatic rings. The van der Waals surface area contributed by atoms with Gasteiger partial charge in [-0.25, -0.2) is 4.79 Å². The summed E-state index contributed by atoms with van der Waals surface area (Å²) in [5.41, 5.74) is 1.48. The minimum Gasteiger partial charge on any atom is -0.465 e. The maximum atomic E-state index is 12.4. The zero-order valence-electron chi connectivity index (χ0n) is 14.3. The number of nitrogens with zero attached hydrogens (tertiary/aromatic N) is 2. The second kappa shape index (κ2) is 8.29. The van der Waals surface area contributed by atoms with Gasteiger partial charge in [0.15, 0.2) is 11.5 Å². The molecule has 27 heavy (non-hydrogen) atoms. The molecule has 7 nitrogen and oxygen atoms in total. The molecule has 8 heteroatoms. The standard InChI is InChI=1S/C19H15ClN4O3/c1-27-19(26)14-4-2-3-5-15(14)22-18(25)16-10-11-17(24-23-16)21-13-8-6-12(20)7-9-13/h2-11H,1H3,(H,21,24)(H,22,25). The summed E-state index contributed by atoms with van der Waals surface area (Å²) in [4.78, 5) is 24.2. The molecular formula is C19H15ClN4O3. The average Bonchev–Trinajstić information content (AvgIpc) is 2.70. The first-order valence-corrected chi connectivity index (χ1v) is 8.29. The van der Waals surface area contributed by atoms with E-state index in [1.165, 1.54) is 13.2 Å². The van der Waals surface area contributed by atoms with Gasteiger partial charge in [-0.15, -0.1) is 10.2 Å². The number of aromatic nitrogens is 2. The lowest BCUT2D eigenvalue weighted by molar-refractivity contribution is 0.0602. The Kier molecular flexibility index (Phi) is 5.63. The smallest absolute Gasteiger partial charge is 0.339 e. The van der Waals surface area contributed by atoms with Gasteiger partial charge in [-0.05, 0) is 48.5 Å². The molecule has 0 unspecified atom stereocenters. The van der Waals surface area contributed by atoms with E-state index >= 15 is 0 Å². The molecular weight excluding hydrogens is 368 g/mol. The molecule has 1 amide bonds. The second-order valence-electron chi connectivity index (χ2n) is 5.43. The number of halogens is 1. The molecule has 0 saturated heterocycles. The SMILES string of the molecule is COC(=O)c1ccccc1NC(=O)c1ccc(Nc2ccc(Cl)cc2)nn1. The number of para-hydroxylation sites is 1. The normalized spacial score (nSPS) is 10.1. The lowest BCUT2D eigenvalue weighted by Gasteiger charge is -2.09. The van der Waals surface area contributed by atoms with Crippen LogP contribution in [-0.4, -0.2) is 29.2 Å². The van der Waals surface area contributed by atoms with Crippen LogP contribution in [0.4, 0.5) is 17.2 Å². The van der Waals surface area contributed by atoms with Gasteiger partial charge in [-0.3, -0.25) is 4.79 Å². The molecule has 136 valence electrons. The van der Waals surface area contributed by atoms with Crippen LogP contribution in [-0.2, 0) is 4.74 Å². The van der Waals surface area contributed by atoms with Crippen LogP contribution in [0.1, 0.15) is 20.8 Å². The molecule has 0 fully saturated rings. The van der Waals surface area contributed by atoms with E-state index < -0.39 is 11.9 Å². The number of carbonyl (C=O) groups excluding carboxylic acids is 2. The van der Waals surface area contributed by atoms with Crippen molar-refractivity contribution < 1.29 is 14.3 Å². The Morgan fingerprint density at radius 3 is 2.37 bits per heavy atom. The highest BCUT2D eigenvalue weighted by Crippen LogP contribution is 2.19. The van der Waals surface area contributed by atoms with E-state index in [0.717, 1.165) is 5.69 Å². The van der Waals surface area contributed by atoms with Crippen molar-refractivity contribution in [2.45, 2.75) is 0 Å². The van der Waals surface area contributed by atoms with Gasteiger partial charge in [-0.2, -0.15) is 0 Å². The van der Waals surface area contributed by atoms with Crippen molar-refractivity contribution >= 4 is 40.7 Å². The molecule has 0 radical (unpaired) electrons. The Bertz CT molecular complexity index is 959. The summed E-state index contributed by atoms with van der Waals surface area (Å²) < 4.78 is 4.71. The van der Waals surface area contributed by atoms with Crippen molar-refractivity contribution in [1.82, 2.24) is 10.2 Å². The zero-order chi connectivity index (χ0) is 19.2. The molecule has 2 aromatic carbocycles. The van der Waals surface area contributed by atoms with Crippen molar-refractivity contribution in [3.8, 4) is 0 Å². The molecule has 0 aliphatic carbocycles. The summed E-state index contributed by atoms with van der Waals surface area (Å²) in [7, 11) is 1.28. The summed E-state index contributed by atoms with van der Waals surface area (Å²) in [6, 6.07) is 16.8. The second-order valence-corrected chi connectivity index (χ2v) is 5.86. The van der Waals surface area contributed by atoms with Crippen LogP contribution < -0.4 is 10.6 Å². The maximum absolute atomic E-state index is 12.4. The third kappa shape index (κ3) is 4.59. The summed E-state index contributed by atoms with van der Waals surface area (Å²) >= 11 is 5.85. The van der Waals surface area contributed by atoms with Crippen molar-refractivity contribution in [2.75, 3.05) is 17.7 Å². The fourth-order valence-electron chi connectivity index (χ4n) is 2.27.